The number of aromatic nitrogens is 1. The molecule has 1 aliphatic heterocycles. The van der Waals surface area contributed by atoms with Crippen molar-refractivity contribution in [3.63, 3.8) is 0 Å². The second kappa shape index (κ2) is 4.08. The molecular formula is C10H9BrF2N2O. The highest BCUT2D eigenvalue weighted by molar-refractivity contribution is 9.10. The van der Waals surface area contributed by atoms with Gasteiger partial charge < -0.3 is 4.90 Å². The van der Waals surface area contributed by atoms with Gasteiger partial charge in [-0.3, -0.25) is 4.79 Å². The SMILES string of the molecule is O=Cc1nc(Br)ccc1N1CCC(F)(F)C1. The molecule has 0 unspecified atom stereocenters. The van der Waals surface area contributed by atoms with E-state index < -0.39 is 5.92 Å². The molecule has 0 N–H and O–H groups in total. The summed E-state index contributed by atoms with van der Waals surface area (Å²) in [5, 5.41) is 0. The summed E-state index contributed by atoms with van der Waals surface area (Å²) in [7, 11) is 0. The van der Waals surface area contributed by atoms with E-state index in [9.17, 15) is 13.6 Å². The number of halogens is 3. The van der Waals surface area contributed by atoms with E-state index in [0.29, 0.717) is 16.6 Å². The molecule has 1 aromatic heterocycles. The van der Waals surface area contributed by atoms with Crippen LogP contribution in [0.25, 0.3) is 0 Å². The molecule has 0 radical (unpaired) electrons. The van der Waals surface area contributed by atoms with Gasteiger partial charge in [0.2, 0.25) is 0 Å². The molecule has 1 aromatic rings. The van der Waals surface area contributed by atoms with Gasteiger partial charge in [0.25, 0.3) is 5.92 Å². The summed E-state index contributed by atoms with van der Waals surface area (Å²) >= 11 is 3.13. The highest BCUT2D eigenvalue weighted by atomic mass is 79.9. The predicted octanol–water partition coefficient (Wildman–Crippen LogP) is 2.50. The van der Waals surface area contributed by atoms with Crippen molar-refractivity contribution in [1.82, 2.24) is 4.98 Å². The lowest BCUT2D eigenvalue weighted by molar-refractivity contribution is 0.0257. The molecule has 1 saturated heterocycles. The maximum Gasteiger partial charge on any atom is 0.266 e. The molecule has 1 fully saturated rings. The Labute approximate surface area is 99.6 Å². The summed E-state index contributed by atoms with van der Waals surface area (Å²) in [6.45, 7) is -0.103. The Balaban J connectivity index is 2.31. The zero-order valence-corrected chi connectivity index (χ0v) is 9.88. The standard InChI is InChI=1S/C10H9BrF2N2O/c11-9-2-1-8(7(5-16)14-9)15-4-3-10(12,13)6-15/h1-2,5H,3-4,6H2. The van der Waals surface area contributed by atoms with Crippen molar-refractivity contribution in [3.8, 4) is 0 Å². The Hall–Kier alpha value is -1.04. The normalized spacial score (nSPS) is 18.8. The van der Waals surface area contributed by atoms with Crippen LogP contribution in [0.5, 0.6) is 0 Å². The Kier molecular flexibility index (Phi) is 2.92. The highest BCUT2D eigenvalue weighted by Gasteiger charge is 2.38. The number of pyridine rings is 1. The molecule has 0 bridgehead atoms. The summed E-state index contributed by atoms with van der Waals surface area (Å²) in [4.78, 5) is 16.2. The minimum Gasteiger partial charge on any atom is -0.363 e. The van der Waals surface area contributed by atoms with Crippen molar-refractivity contribution in [2.24, 2.45) is 0 Å². The summed E-state index contributed by atoms with van der Waals surface area (Å²) in [6.07, 6.45) is 0.401. The lowest BCUT2D eigenvalue weighted by atomic mass is 10.3. The minimum atomic E-state index is -2.67. The van der Waals surface area contributed by atoms with Gasteiger partial charge in [-0.15, -0.1) is 0 Å². The Bertz CT molecular complexity index is 425. The predicted molar refractivity (Wildman–Crippen MR) is 59.1 cm³/mol. The Morgan fingerprint density at radius 2 is 2.25 bits per heavy atom. The average molecular weight is 291 g/mol. The lowest BCUT2D eigenvalue weighted by Crippen LogP contribution is -2.25. The zero-order chi connectivity index (χ0) is 11.8. The van der Waals surface area contributed by atoms with Crippen LogP contribution < -0.4 is 4.90 Å². The summed E-state index contributed by atoms with van der Waals surface area (Å²) in [6, 6.07) is 3.26. The largest absolute Gasteiger partial charge is 0.363 e. The van der Waals surface area contributed by atoms with Gasteiger partial charge in [-0.1, -0.05) is 0 Å². The van der Waals surface area contributed by atoms with Gasteiger partial charge in [-0.25, -0.2) is 13.8 Å². The van der Waals surface area contributed by atoms with Crippen molar-refractivity contribution in [2.75, 3.05) is 18.0 Å². The van der Waals surface area contributed by atoms with E-state index in [0.717, 1.165) is 0 Å². The molecule has 2 heterocycles. The third-order valence-corrected chi connectivity index (χ3v) is 2.93. The number of alkyl halides is 2. The van der Waals surface area contributed by atoms with Gasteiger partial charge in [-0.2, -0.15) is 0 Å². The Morgan fingerprint density at radius 3 is 2.81 bits per heavy atom. The number of carbonyl (C=O) groups excluding carboxylic acids is 1. The molecule has 16 heavy (non-hydrogen) atoms. The Morgan fingerprint density at radius 1 is 1.50 bits per heavy atom. The lowest BCUT2D eigenvalue weighted by Gasteiger charge is -2.19. The van der Waals surface area contributed by atoms with E-state index in [4.69, 9.17) is 0 Å². The maximum absolute atomic E-state index is 13.0. The molecule has 2 rings (SSSR count). The van der Waals surface area contributed by atoms with E-state index in [1.165, 1.54) is 4.90 Å². The number of aldehydes is 1. The third-order valence-electron chi connectivity index (χ3n) is 2.49. The van der Waals surface area contributed by atoms with Gasteiger partial charge in [0.05, 0.1) is 12.2 Å². The average Bonchev–Trinajstić information content (AvgIpc) is 2.58. The molecular weight excluding hydrogens is 282 g/mol. The molecule has 0 saturated carbocycles. The minimum absolute atomic E-state index is 0.179. The topological polar surface area (TPSA) is 33.2 Å². The molecule has 0 amide bonds. The van der Waals surface area contributed by atoms with Gasteiger partial charge in [0.1, 0.15) is 10.3 Å². The van der Waals surface area contributed by atoms with Gasteiger partial charge in [-0.05, 0) is 28.1 Å². The van der Waals surface area contributed by atoms with Crippen LogP contribution in [0.1, 0.15) is 16.9 Å². The van der Waals surface area contributed by atoms with E-state index in [-0.39, 0.29) is 25.2 Å². The maximum atomic E-state index is 13.0. The van der Waals surface area contributed by atoms with Gasteiger partial charge in [0.15, 0.2) is 6.29 Å². The fourth-order valence-electron chi connectivity index (χ4n) is 1.74. The van der Waals surface area contributed by atoms with Crippen LogP contribution in [-0.4, -0.2) is 30.3 Å². The van der Waals surface area contributed by atoms with Crippen LogP contribution in [0.4, 0.5) is 14.5 Å². The van der Waals surface area contributed by atoms with Crippen molar-refractivity contribution in [1.29, 1.82) is 0 Å². The van der Waals surface area contributed by atoms with E-state index >= 15 is 0 Å². The molecule has 3 nitrogen and oxygen atoms in total. The van der Waals surface area contributed by atoms with E-state index in [1.54, 1.807) is 12.1 Å². The first kappa shape index (κ1) is 11.4. The van der Waals surface area contributed by atoms with Crippen LogP contribution in [0.15, 0.2) is 16.7 Å². The fourth-order valence-corrected chi connectivity index (χ4v) is 2.06. The molecule has 0 atom stereocenters. The van der Waals surface area contributed by atoms with Crippen LogP contribution in [0.2, 0.25) is 0 Å². The van der Waals surface area contributed by atoms with Gasteiger partial charge in [0, 0.05) is 13.0 Å². The van der Waals surface area contributed by atoms with Crippen LogP contribution >= 0.6 is 15.9 Å². The second-order valence-electron chi connectivity index (χ2n) is 3.68. The number of carbonyl (C=O) groups is 1. The summed E-state index contributed by atoms with van der Waals surface area (Å²) in [5.41, 5.74) is 0.655. The molecule has 1 aliphatic rings. The molecule has 0 aromatic carbocycles. The van der Waals surface area contributed by atoms with E-state index in [1.807, 2.05) is 0 Å². The number of hydrogen-bond donors (Lipinski definition) is 0. The van der Waals surface area contributed by atoms with E-state index in [2.05, 4.69) is 20.9 Å². The summed E-state index contributed by atoms with van der Waals surface area (Å²) in [5.74, 6) is -2.67. The summed E-state index contributed by atoms with van der Waals surface area (Å²) < 4.78 is 26.6. The highest BCUT2D eigenvalue weighted by Crippen LogP contribution is 2.32. The fraction of sp³-hybridized carbons (Fsp3) is 0.400. The first-order chi connectivity index (χ1) is 7.52. The van der Waals surface area contributed by atoms with Crippen LogP contribution in [0.3, 0.4) is 0 Å². The van der Waals surface area contributed by atoms with Gasteiger partial charge >= 0.3 is 0 Å². The number of nitrogens with zero attached hydrogens (tertiary/aromatic N) is 2. The second-order valence-corrected chi connectivity index (χ2v) is 4.50. The third kappa shape index (κ3) is 2.21. The smallest absolute Gasteiger partial charge is 0.266 e. The number of anilines is 1. The van der Waals surface area contributed by atoms with Crippen molar-refractivity contribution in [3.05, 3.63) is 22.4 Å². The van der Waals surface area contributed by atoms with Crippen molar-refractivity contribution < 1.29 is 13.6 Å². The molecule has 6 heteroatoms. The van der Waals surface area contributed by atoms with Crippen LogP contribution in [-0.2, 0) is 0 Å². The van der Waals surface area contributed by atoms with Crippen molar-refractivity contribution >= 4 is 27.9 Å². The first-order valence-corrected chi connectivity index (χ1v) is 5.56. The van der Waals surface area contributed by atoms with Crippen LogP contribution in [0, 0.1) is 0 Å². The monoisotopic (exact) mass is 290 g/mol. The molecule has 0 aliphatic carbocycles. The van der Waals surface area contributed by atoms with Crippen molar-refractivity contribution in [2.45, 2.75) is 12.3 Å². The molecule has 86 valence electrons. The number of rotatable bonds is 2. The first-order valence-electron chi connectivity index (χ1n) is 4.76. The molecule has 0 spiro atoms. The quantitative estimate of drug-likeness (QED) is 0.620. The zero-order valence-electron chi connectivity index (χ0n) is 8.29. The number of hydrogen-bond acceptors (Lipinski definition) is 3.